The number of pyridine rings is 1. The van der Waals surface area contributed by atoms with Gasteiger partial charge in [0.1, 0.15) is 17.1 Å². The van der Waals surface area contributed by atoms with Crippen LogP contribution in [-0.2, 0) is 6.18 Å². The predicted octanol–water partition coefficient (Wildman–Crippen LogP) is 4.83. The first kappa shape index (κ1) is 21.8. The summed E-state index contributed by atoms with van der Waals surface area (Å²) in [7, 11) is 0. The quantitative estimate of drug-likeness (QED) is 0.568. The minimum absolute atomic E-state index is 0.126. The fourth-order valence-electron chi connectivity index (χ4n) is 2.21. The van der Waals surface area contributed by atoms with Gasteiger partial charge in [0.15, 0.2) is 5.69 Å². The van der Waals surface area contributed by atoms with Crippen molar-refractivity contribution in [2.24, 2.45) is 0 Å². The molecular weight excluding hydrogens is 434 g/mol. The Bertz CT molecular complexity index is 1060. The molecule has 0 aliphatic heterocycles. The van der Waals surface area contributed by atoms with E-state index in [0.717, 1.165) is 24.3 Å². The average molecular weight is 444 g/mol. The molecule has 1 aromatic carbocycles. The molecule has 0 aliphatic carbocycles. The van der Waals surface area contributed by atoms with Gasteiger partial charge in [0, 0.05) is 6.20 Å². The zero-order chi connectivity index (χ0) is 22.6. The third kappa shape index (κ3) is 6.04. The number of nitrogens with one attached hydrogen (secondary N) is 1. The molecule has 2 heterocycles. The van der Waals surface area contributed by atoms with Crippen molar-refractivity contribution in [2.75, 3.05) is 5.32 Å². The summed E-state index contributed by atoms with van der Waals surface area (Å²) in [5.41, 5.74) is -1.86. The normalized spacial score (nSPS) is 11.7. The SMILES string of the molecule is O=C(Nc1cccnc1)c1cc(C(F)(F)F)nnc1Oc1ccc(OC(F)(F)F)cc1. The van der Waals surface area contributed by atoms with Crippen LogP contribution in [0.4, 0.5) is 32.0 Å². The number of hydrogen-bond donors (Lipinski definition) is 1. The number of carbonyl (C=O) groups excluding carboxylic acids is 1. The molecular formula is C18H10F6N4O3. The monoisotopic (exact) mass is 444 g/mol. The van der Waals surface area contributed by atoms with Crippen molar-refractivity contribution in [2.45, 2.75) is 12.5 Å². The Morgan fingerprint density at radius 1 is 0.935 bits per heavy atom. The second-order valence-corrected chi connectivity index (χ2v) is 5.76. The highest BCUT2D eigenvalue weighted by molar-refractivity contribution is 6.05. The summed E-state index contributed by atoms with van der Waals surface area (Å²) in [6, 6.07) is 7.29. The van der Waals surface area contributed by atoms with Crippen LogP contribution in [0.1, 0.15) is 16.1 Å². The highest BCUT2D eigenvalue weighted by Gasteiger charge is 2.35. The Hall–Kier alpha value is -3.90. The molecule has 0 saturated carbocycles. The molecule has 0 unspecified atom stereocenters. The van der Waals surface area contributed by atoms with E-state index in [2.05, 4.69) is 25.2 Å². The Labute approximate surface area is 169 Å². The predicted molar refractivity (Wildman–Crippen MR) is 92.4 cm³/mol. The van der Waals surface area contributed by atoms with E-state index >= 15 is 0 Å². The lowest BCUT2D eigenvalue weighted by Gasteiger charge is -2.13. The third-order valence-electron chi connectivity index (χ3n) is 3.49. The van der Waals surface area contributed by atoms with Gasteiger partial charge in [0.2, 0.25) is 0 Å². The van der Waals surface area contributed by atoms with Crippen LogP contribution in [0.3, 0.4) is 0 Å². The molecule has 0 saturated heterocycles. The van der Waals surface area contributed by atoms with Crippen LogP contribution in [0.25, 0.3) is 0 Å². The number of amides is 1. The first-order valence-corrected chi connectivity index (χ1v) is 8.21. The fourth-order valence-corrected chi connectivity index (χ4v) is 2.21. The minimum Gasteiger partial charge on any atom is -0.437 e. The number of aromatic nitrogens is 3. The second kappa shape index (κ2) is 8.45. The third-order valence-corrected chi connectivity index (χ3v) is 3.49. The van der Waals surface area contributed by atoms with Crippen molar-refractivity contribution in [3.8, 4) is 17.4 Å². The lowest BCUT2D eigenvalue weighted by Crippen LogP contribution is -2.18. The summed E-state index contributed by atoms with van der Waals surface area (Å²) in [6.07, 6.45) is -7.10. The average Bonchev–Trinajstić information content (AvgIpc) is 2.68. The van der Waals surface area contributed by atoms with Crippen LogP contribution >= 0.6 is 0 Å². The molecule has 0 atom stereocenters. The Kier molecular flexibility index (Phi) is 5.95. The standard InChI is InChI=1S/C18H10F6N4O3/c19-17(20,21)14-8-13(15(29)26-10-2-1-7-25-9-10)16(28-27-14)30-11-3-5-12(6-4-11)31-18(22,23)24/h1-9H,(H,26,29). The number of rotatable bonds is 5. The Balaban J connectivity index is 1.89. The summed E-state index contributed by atoms with van der Waals surface area (Å²) in [5.74, 6) is -2.27. The smallest absolute Gasteiger partial charge is 0.437 e. The molecule has 7 nitrogen and oxygen atoms in total. The molecule has 0 spiro atoms. The van der Waals surface area contributed by atoms with Crippen molar-refractivity contribution < 1.29 is 40.6 Å². The molecule has 162 valence electrons. The number of nitrogens with zero attached hydrogens (tertiary/aromatic N) is 3. The van der Waals surface area contributed by atoms with E-state index in [1.54, 1.807) is 0 Å². The first-order chi connectivity index (χ1) is 14.5. The van der Waals surface area contributed by atoms with Crippen molar-refractivity contribution in [1.29, 1.82) is 0 Å². The van der Waals surface area contributed by atoms with Gasteiger partial charge in [-0.3, -0.25) is 9.78 Å². The minimum atomic E-state index is -4.90. The van der Waals surface area contributed by atoms with Crippen molar-refractivity contribution >= 4 is 11.6 Å². The Morgan fingerprint density at radius 3 is 2.19 bits per heavy atom. The summed E-state index contributed by atoms with van der Waals surface area (Å²) in [5, 5.41) is 8.64. The number of benzene rings is 1. The van der Waals surface area contributed by atoms with Gasteiger partial charge in [-0.2, -0.15) is 13.2 Å². The maximum absolute atomic E-state index is 13.0. The number of hydrogen-bond acceptors (Lipinski definition) is 6. The van der Waals surface area contributed by atoms with E-state index in [1.165, 1.54) is 24.5 Å². The summed E-state index contributed by atoms with van der Waals surface area (Å²) < 4.78 is 84.7. The summed E-state index contributed by atoms with van der Waals surface area (Å²) in [6.45, 7) is 0. The van der Waals surface area contributed by atoms with E-state index in [9.17, 15) is 31.1 Å². The van der Waals surface area contributed by atoms with Crippen LogP contribution in [0.5, 0.6) is 17.4 Å². The zero-order valence-electron chi connectivity index (χ0n) is 15.0. The van der Waals surface area contributed by atoms with Gasteiger partial charge < -0.3 is 14.8 Å². The van der Waals surface area contributed by atoms with Gasteiger partial charge in [0.05, 0.1) is 11.9 Å². The second-order valence-electron chi connectivity index (χ2n) is 5.76. The van der Waals surface area contributed by atoms with Gasteiger partial charge in [-0.05, 0) is 42.5 Å². The highest BCUT2D eigenvalue weighted by Crippen LogP contribution is 2.32. The molecule has 0 aliphatic rings. The fraction of sp³-hybridized carbons (Fsp3) is 0.111. The number of halogens is 6. The van der Waals surface area contributed by atoms with Crippen LogP contribution in [-0.4, -0.2) is 27.5 Å². The molecule has 0 radical (unpaired) electrons. The molecule has 31 heavy (non-hydrogen) atoms. The topological polar surface area (TPSA) is 86.2 Å². The maximum Gasteiger partial charge on any atom is 0.573 e. The molecule has 3 rings (SSSR count). The Morgan fingerprint density at radius 2 is 1.61 bits per heavy atom. The first-order valence-electron chi connectivity index (χ1n) is 8.21. The van der Waals surface area contributed by atoms with Crippen LogP contribution in [0, 0.1) is 0 Å². The van der Waals surface area contributed by atoms with Crippen molar-refractivity contribution in [3.63, 3.8) is 0 Å². The zero-order valence-corrected chi connectivity index (χ0v) is 15.0. The van der Waals surface area contributed by atoms with E-state index in [0.29, 0.717) is 6.07 Å². The van der Waals surface area contributed by atoms with Gasteiger partial charge in [-0.1, -0.05) is 0 Å². The van der Waals surface area contributed by atoms with E-state index in [-0.39, 0.29) is 11.4 Å². The van der Waals surface area contributed by atoms with Crippen molar-refractivity contribution in [1.82, 2.24) is 15.2 Å². The number of ether oxygens (including phenoxy) is 2. The van der Waals surface area contributed by atoms with Crippen LogP contribution in [0.15, 0.2) is 54.9 Å². The lowest BCUT2D eigenvalue weighted by atomic mass is 10.2. The number of carbonyl (C=O) groups is 1. The maximum atomic E-state index is 13.0. The van der Waals surface area contributed by atoms with Crippen LogP contribution in [0.2, 0.25) is 0 Å². The molecule has 0 bridgehead atoms. The van der Waals surface area contributed by atoms with Gasteiger partial charge in [-0.25, -0.2) is 0 Å². The van der Waals surface area contributed by atoms with Gasteiger partial charge >= 0.3 is 12.5 Å². The molecule has 13 heteroatoms. The lowest BCUT2D eigenvalue weighted by molar-refractivity contribution is -0.274. The molecule has 3 aromatic rings. The molecule has 0 fully saturated rings. The summed E-state index contributed by atoms with van der Waals surface area (Å²) in [4.78, 5) is 16.3. The van der Waals surface area contributed by atoms with Gasteiger partial charge in [0.25, 0.3) is 11.8 Å². The number of anilines is 1. The van der Waals surface area contributed by atoms with E-state index < -0.39 is 41.3 Å². The molecule has 1 amide bonds. The summed E-state index contributed by atoms with van der Waals surface area (Å²) >= 11 is 0. The largest absolute Gasteiger partial charge is 0.573 e. The molecule has 1 N–H and O–H groups in total. The molecule has 2 aromatic heterocycles. The number of alkyl halides is 6. The van der Waals surface area contributed by atoms with Gasteiger partial charge in [-0.15, -0.1) is 23.4 Å². The highest BCUT2D eigenvalue weighted by atomic mass is 19.4. The van der Waals surface area contributed by atoms with Crippen LogP contribution < -0.4 is 14.8 Å². The van der Waals surface area contributed by atoms with E-state index in [4.69, 9.17) is 4.74 Å². The van der Waals surface area contributed by atoms with Crippen molar-refractivity contribution in [3.05, 3.63) is 66.1 Å². The van der Waals surface area contributed by atoms with E-state index in [1.807, 2.05) is 0 Å².